The van der Waals surface area contributed by atoms with Gasteiger partial charge in [-0.15, -0.1) is 0 Å². The van der Waals surface area contributed by atoms with E-state index in [1.807, 2.05) is 65.6 Å². The van der Waals surface area contributed by atoms with Crippen LogP contribution >= 0.6 is 12.2 Å². The molecule has 4 heteroatoms. The maximum atomic E-state index is 8.90. The van der Waals surface area contributed by atoms with E-state index in [4.69, 9.17) is 17.3 Å². The molecule has 3 nitrogen and oxygen atoms in total. The molecule has 19 heavy (non-hydrogen) atoms. The highest BCUT2D eigenvalue weighted by Crippen LogP contribution is 2.24. The normalized spacial score (nSPS) is 9.95. The van der Waals surface area contributed by atoms with Crippen LogP contribution in [0, 0.1) is 0 Å². The molecule has 2 aromatic carbocycles. The van der Waals surface area contributed by atoms with Gasteiger partial charge in [-0.1, -0.05) is 36.4 Å². The highest BCUT2D eigenvalue weighted by molar-refractivity contribution is 7.80. The summed E-state index contributed by atoms with van der Waals surface area (Å²) in [5.41, 5.74) is 1.98. The number of hydrogen-bond acceptors (Lipinski definition) is 2. The van der Waals surface area contributed by atoms with Crippen LogP contribution in [-0.2, 0) is 0 Å². The third kappa shape index (κ3) is 3.53. The van der Waals surface area contributed by atoms with E-state index in [-0.39, 0.29) is 6.61 Å². The number of aliphatic hydroxyl groups is 1. The lowest BCUT2D eigenvalue weighted by Crippen LogP contribution is -2.38. The molecule has 98 valence electrons. The van der Waals surface area contributed by atoms with Crippen LogP contribution < -0.4 is 10.2 Å². The molecule has 0 aliphatic heterocycles. The van der Waals surface area contributed by atoms with Gasteiger partial charge >= 0.3 is 0 Å². The number of benzene rings is 2. The van der Waals surface area contributed by atoms with Crippen molar-refractivity contribution >= 4 is 28.7 Å². The minimum atomic E-state index is 0.0531. The summed E-state index contributed by atoms with van der Waals surface area (Å²) >= 11 is 5.41. The zero-order valence-corrected chi connectivity index (χ0v) is 11.3. The third-order valence-corrected chi connectivity index (χ3v) is 2.95. The zero-order valence-electron chi connectivity index (χ0n) is 10.5. The van der Waals surface area contributed by atoms with E-state index in [9.17, 15) is 0 Å². The van der Waals surface area contributed by atoms with Gasteiger partial charge < -0.3 is 10.4 Å². The van der Waals surface area contributed by atoms with E-state index in [1.54, 1.807) is 0 Å². The number of aliphatic hydroxyl groups excluding tert-OH is 1. The van der Waals surface area contributed by atoms with Gasteiger partial charge in [0.15, 0.2) is 5.11 Å². The second-order valence-corrected chi connectivity index (χ2v) is 4.35. The molecule has 0 spiro atoms. The van der Waals surface area contributed by atoms with Gasteiger partial charge in [0.1, 0.15) is 0 Å². The van der Waals surface area contributed by atoms with Crippen LogP contribution in [0.3, 0.4) is 0 Å². The average Bonchev–Trinajstić information content (AvgIpc) is 2.47. The number of para-hydroxylation sites is 2. The van der Waals surface area contributed by atoms with Crippen molar-refractivity contribution in [2.75, 3.05) is 18.1 Å². The Balaban J connectivity index is 2.31. The second kappa shape index (κ2) is 6.87. The fraction of sp³-hybridized carbons (Fsp3) is 0.133. The van der Waals surface area contributed by atoms with Gasteiger partial charge in [-0.05, 0) is 36.5 Å². The summed E-state index contributed by atoms with van der Waals surface area (Å²) in [6, 6.07) is 19.8. The molecule has 0 fully saturated rings. The minimum Gasteiger partial charge on any atom is -0.395 e. The fourth-order valence-electron chi connectivity index (χ4n) is 1.78. The standard InChI is InChI=1S/C15H16N2OS/c18-12-11-16-15(19)17(13-7-3-1-4-8-13)14-9-5-2-6-10-14/h1-10,18H,11-12H2,(H,16,19). The molecule has 0 radical (unpaired) electrons. The second-order valence-electron chi connectivity index (χ2n) is 3.96. The topological polar surface area (TPSA) is 35.5 Å². The minimum absolute atomic E-state index is 0.0531. The molecule has 0 unspecified atom stereocenters. The maximum absolute atomic E-state index is 8.90. The van der Waals surface area contributed by atoms with Crippen LogP contribution in [0.25, 0.3) is 0 Å². The zero-order chi connectivity index (χ0) is 13.5. The van der Waals surface area contributed by atoms with Gasteiger partial charge in [0, 0.05) is 17.9 Å². The lowest BCUT2D eigenvalue weighted by atomic mass is 10.2. The van der Waals surface area contributed by atoms with E-state index in [1.165, 1.54) is 0 Å². The Morgan fingerprint density at radius 1 is 0.947 bits per heavy atom. The van der Waals surface area contributed by atoms with Crippen molar-refractivity contribution in [2.45, 2.75) is 0 Å². The Morgan fingerprint density at radius 2 is 1.42 bits per heavy atom. The molecule has 0 aliphatic carbocycles. The Kier molecular flexibility index (Phi) is 4.89. The summed E-state index contributed by atoms with van der Waals surface area (Å²) in [5, 5.41) is 12.5. The van der Waals surface area contributed by atoms with Gasteiger partial charge in [0.25, 0.3) is 0 Å². The molecule has 2 rings (SSSR count). The first kappa shape index (κ1) is 13.5. The number of anilines is 2. The summed E-state index contributed by atoms with van der Waals surface area (Å²) in [7, 11) is 0. The van der Waals surface area contributed by atoms with Crippen LogP contribution in [0.2, 0.25) is 0 Å². The number of nitrogens with one attached hydrogen (secondary N) is 1. The summed E-state index contributed by atoms with van der Waals surface area (Å²) in [4.78, 5) is 1.95. The number of thiocarbonyl (C=S) groups is 1. The van der Waals surface area contributed by atoms with E-state index < -0.39 is 0 Å². The predicted octanol–water partition coefficient (Wildman–Crippen LogP) is 2.69. The van der Waals surface area contributed by atoms with Crippen molar-refractivity contribution < 1.29 is 5.11 Å². The van der Waals surface area contributed by atoms with Crippen molar-refractivity contribution in [3.05, 3.63) is 60.7 Å². The van der Waals surface area contributed by atoms with E-state index >= 15 is 0 Å². The lowest BCUT2D eigenvalue weighted by molar-refractivity contribution is 0.300. The van der Waals surface area contributed by atoms with E-state index in [0.29, 0.717) is 11.7 Å². The first-order valence-corrected chi connectivity index (χ1v) is 6.52. The Bertz CT molecular complexity index is 477. The molecule has 0 saturated carbocycles. The summed E-state index contributed by atoms with van der Waals surface area (Å²) < 4.78 is 0. The molecule has 0 saturated heterocycles. The average molecular weight is 272 g/mol. The van der Waals surface area contributed by atoms with E-state index in [2.05, 4.69) is 5.32 Å². The fourth-order valence-corrected chi connectivity index (χ4v) is 2.09. The highest BCUT2D eigenvalue weighted by atomic mass is 32.1. The van der Waals surface area contributed by atoms with Gasteiger partial charge in [-0.25, -0.2) is 0 Å². The third-order valence-electron chi connectivity index (χ3n) is 2.62. The molecule has 0 bridgehead atoms. The molecule has 0 heterocycles. The van der Waals surface area contributed by atoms with Gasteiger partial charge in [0.05, 0.1) is 6.61 Å². The van der Waals surface area contributed by atoms with Crippen molar-refractivity contribution in [2.24, 2.45) is 0 Å². The van der Waals surface area contributed by atoms with E-state index in [0.717, 1.165) is 11.4 Å². The van der Waals surface area contributed by atoms with Crippen LogP contribution in [0.4, 0.5) is 11.4 Å². The molecular formula is C15H16N2OS. The van der Waals surface area contributed by atoms with Crippen LogP contribution in [0.1, 0.15) is 0 Å². The molecule has 0 amide bonds. The Labute approximate surface area is 118 Å². The Hall–Kier alpha value is -1.91. The number of hydrogen-bond donors (Lipinski definition) is 2. The summed E-state index contributed by atoms with van der Waals surface area (Å²) in [6.45, 7) is 0.493. The van der Waals surface area contributed by atoms with Crippen molar-refractivity contribution in [1.29, 1.82) is 0 Å². The first-order valence-electron chi connectivity index (χ1n) is 6.12. The molecule has 2 aromatic rings. The Morgan fingerprint density at radius 3 is 1.84 bits per heavy atom. The van der Waals surface area contributed by atoms with Gasteiger partial charge in [0.2, 0.25) is 0 Å². The van der Waals surface area contributed by atoms with Crippen molar-refractivity contribution in [3.8, 4) is 0 Å². The molecule has 0 aliphatic rings. The smallest absolute Gasteiger partial charge is 0.178 e. The first-order chi connectivity index (χ1) is 9.33. The highest BCUT2D eigenvalue weighted by Gasteiger charge is 2.13. The molecule has 0 atom stereocenters. The van der Waals surface area contributed by atoms with Crippen LogP contribution in [-0.4, -0.2) is 23.4 Å². The maximum Gasteiger partial charge on any atom is 0.178 e. The summed E-state index contributed by atoms with van der Waals surface area (Å²) in [5.74, 6) is 0. The summed E-state index contributed by atoms with van der Waals surface area (Å²) in [6.07, 6.45) is 0. The van der Waals surface area contributed by atoms with Crippen molar-refractivity contribution in [3.63, 3.8) is 0 Å². The van der Waals surface area contributed by atoms with Crippen LogP contribution in [0.15, 0.2) is 60.7 Å². The SMILES string of the molecule is OCCNC(=S)N(c1ccccc1)c1ccccc1. The largest absolute Gasteiger partial charge is 0.395 e. The molecule has 2 N–H and O–H groups in total. The number of nitrogens with zero attached hydrogens (tertiary/aromatic N) is 1. The lowest BCUT2D eigenvalue weighted by Gasteiger charge is -2.25. The van der Waals surface area contributed by atoms with Crippen molar-refractivity contribution in [1.82, 2.24) is 5.32 Å². The van der Waals surface area contributed by atoms with Crippen LogP contribution in [0.5, 0.6) is 0 Å². The molecular weight excluding hydrogens is 256 g/mol. The van der Waals surface area contributed by atoms with Gasteiger partial charge in [-0.2, -0.15) is 0 Å². The molecule has 0 aromatic heterocycles. The predicted molar refractivity (Wildman–Crippen MR) is 82.7 cm³/mol. The quantitative estimate of drug-likeness (QED) is 0.839. The van der Waals surface area contributed by atoms with Gasteiger partial charge in [-0.3, -0.25) is 4.90 Å². The monoisotopic (exact) mass is 272 g/mol. The number of rotatable bonds is 4.